The van der Waals surface area contributed by atoms with Gasteiger partial charge in [-0.15, -0.1) is 0 Å². The average Bonchev–Trinajstić information content (AvgIpc) is 2.94. The highest BCUT2D eigenvalue weighted by Gasteiger charge is 2.35. The van der Waals surface area contributed by atoms with Crippen LogP contribution < -0.4 is 10.6 Å². The summed E-state index contributed by atoms with van der Waals surface area (Å²) in [6.07, 6.45) is 3.40. The van der Waals surface area contributed by atoms with E-state index in [1.807, 2.05) is 6.07 Å². The van der Waals surface area contributed by atoms with Crippen molar-refractivity contribution >= 4 is 11.6 Å². The summed E-state index contributed by atoms with van der Waals surface area (Å²) >= 11 is 0. The van der Waals surface area contributed by atoms with Gasteiger partial charge in [-0.05, 0) is 43.9 Å². The van der Waals surface area contributed by atoms with Crippen LogP contribution in [0.4, 0.5) is 5.69 Å². The van der Waals surface area contributed by atoms with Crippen molar-refractivity contribution in [2.45, 2.75) is 31.2 Å². The van der Waals surface area contributed by atoms with Gasteiger partial charge in [0, 0.05) is 5.69 Å². The molecule has 102 valence electrons. The van der Waals surface area contributed by atoms with Crippen molar-refractivity contribution < 1.29 is 4.79 Å². The number of benzene rings is 1. The molecule has 0 unspecified atom stereocenters. The van der Waals surface area contributed by atoms with Gasteiger partial charge in [-0.1, -0.05) is 6.07 Å². The number of nitriles is 2. The van der Waals surface area contributed by atoms with E-state index in [4.69, 9.17) is 5.26 Å². The molecule has 0 spiro atoms. The maximum Gasteiger partial charge on any atom is 0.240 e. The molecule has 2 N–H and O–H groups in total. The van der Waals surface area contributed by atoms with E-state index >= 15 is 0 Å². The van der Waals surface area contributed by atoms with Crippen molar-refractivity contribution in [1.29, 1.82) is 10.5 Å². The van der Waals surface area contributed by atoms with E-state index in [2.05, 4.69) is 16.7 Å². The molecule has 2 rings (SSSR count). The number of nitrogens with zero attached hydrogens (tertiary/aromatic N) is 2. The van der Waals surface area contributed by atoms with Crippen LogP contribution in [0.5, 0.6) is 0 Å². The zero-order valence-electron chi connectivity index (χ0n) is 11.1. The Labute approximate surface area is 118 Å². The first-order valence-electron chi connectivity index (χ1n) is 6.64. The Hall–Kier alpha value is -2.53. The standard InChI is InChI=1S/C15H16N4O/c16-9-12-4-3-5-13(8-12)18-10-14(20)19-15(11-17)6-1-2-7-15/h3-5,8,18H,1-2,6-7,10H2,(H,19,20). The van der Waals surface area contributed by atoms with Crippen LogP contribution in [0.2, 0.25) is 0 Å². The molecule has 5 nitrogen and oxygen atoms in total. The molecule has 0 radical (unpaired) electrons. The van der Waals surface area contributed by atoms with Gasteiger partial charge in [-0.3, -0.25) is 4.79 Å². The van der Waals surface area contributed by atoms with Gasteiger partial charge in [0.1, 0.15) is 5.54 Å². The minimum Gasteiger partial charge on any atom is -0.376 e. The lowest BCUT2D eigenvalue weighted by atomic mass is 10.00. The minimum atomic E-state index is -0.687. The van der Waals surface area contributed by atoms with Gasteiger partial charge in [0.05, 0.1) is 24.2 Å². The Balaban J connectivity index is 1.89. The van der Waals surface area contributed by atoms with Crippen LogP contribution in [0.1, 0.15) is 31.2 Å². The van der Waals surface area contributed by atoms with Crippen LogP contribution in [0.25, 0.3) is 0 Å². The first-order chi connectivity index (χ1) is 9.67. The third-order valence-electron chi connectivity index (χ3n) is 3.49. The number of amides is 1. The normalized spacial score (nSPS) is 15.9. The molecule has 0 heterocycles. The lowest BCUT2D eigenvalue weighted by molar-refractivity contribution is -0.120. The Bertz CT molecular complexity index is 576. The van der Waals surface area contributed by atoms with Crippen molar-refractivity contribution in [1.82, 2.24) is 5.32 Å². The highest BCUT2D eigenvalue weighted by molar-refractivity contribution is 5.82. The summed E-state index contributed by atoms with van der Waals surface area (Å²) in [4.78, 5) is 11.9. The van der Waals surface area contributed by atoms with Gasteiger partial charge in [-0.25, -0.2) is 0 Å². The quantitative estimate of drug-likeness (QED) is 0.873. The molecule has 0 atom stereocenters. The number of anilines is 1. The first-order valence-corrected chi connectivity index (χ1v) is 6.64. The van der Waals surface area contributed by atoms with E-state index in [0.717, 1.165) is 31.4 Å². The van der Waals surface area contributed by atoms with Crippen LogP contribution >= 0.6 is 0 Å². The fraction of sp³-hybridized carbons (Fsp3) is 0.400. The van der Waals surface area contributed by atoms with Crippen LogP contribution in [-0.4, -0.2) is 18.0 Å². The molecule has 0 aromatic heterocycles. The largest absolute Gasteiger partial charge is 0.376 e. The molecule has 1 aliphatic rings. The minimum absolute atomic E-state index is 0.0955. The van der Waals surface area contributed by atoms with Crippen molar-refractivity contribution in [3.63, 3.8) is 0 Å². The van der Waals surface area contributed by atoms with Crippen molar-refractivity contribution in [3.05, 3.63) is 29.8 Å². The fourth-order valence-corrected chi connectivity index (χ4v) is 2.44. The lowest BCUT2D eigenvalue weighted by Gasteiger charge is -2.22. The van der Waals surface area contributed by atoms with Crippen LogP contribution in [0, 0.1) is 22.7 Å². The van der Waals surface area contributed by atoms with E-state index in [1.54, 1.807) is 24.3 Å². The molecule has 0 aliphatic heterocycles. The predicted molar refractivity (Wildman–Crippen MR) is 74.6 cm³/mol. The number of hydrogen-bond donors (Lipinski definition) is 2. The van der Waals surface area contributed by atoms with E-state index in [0.29, 0.717) is 5.56 Å². The van der Waals surface area contributed by atoms with Gasteiger partial charge in [0.25, 0.3) is 0 Å². The molecule has 1 amide bonds. The Morgan fingerprint density at radius 1 is 1.30 bits per heavy atom. The molecule has 1 aliphatic carbocycles. The predicted octanol–water partition coefficient (Wildman–Crippen LogP) is 1.92. The molecular weight excluding hydrogens is 252 g/mol. The zero-order valence-corrected chi connectivity index (χ0v) is 11.1. The molecule has 1 aromatic carbocycles. The maximum atomic E-state index is 11.9. The number of nitrogens with one attached hydrogen (secondary N) is 2. The van der Waals surface area contributed by atoms with Crippen LogP contribution in [0.15, 0.2) is 24.3 Å². The molecule has 20 heavy (non-hydrogen) atoms. The zero-order chi connectivity index (χ0) is 14.4. The molecule has 0 saturated heterocycles. The summed E-state index contributed by atoms with van der Waals surface area (Å²) in [5.41, 5.74) is 0.573. The summed E-state index contributed by atoms with van der Waals surface area (Å²) in [6.45, 7) is 0.0955. The summed E-state index contributed by atoms with van der Waals surface area (Å²) in [6, 6.07) is 11.2. The van der Waals surface area contributed by atoms with Crippen molar-refractivity contribution in [2.24, 2.45) is 0 Å². The molecule has 1 saturated carbocycles. The molecule has 1 aromatic rings. The summed E-state index contributed by atoms with van der Waals surface area (Å²) < 4.78 is 0. The highest BCUT2D eigenvalue weighted by atomic mass is 16.2. The van der Waals surface area contributed by atoms with Gasteiger partial charge >= 0.3 is 0 Å². The summed E-state index contributed by atoms with van der Waals surface area (Å²) in [7, 11) is 0. The van der Waals surface area contributed by atoms with E-state index in [9.17, 15) is 10.1 Å². The second-order valence-electron chi connectivity index (χ2n) is 5.00. The monoisotopic (exact) mass is 268 g/mol. The third-order valence-corrected chi connectivity index (χ3v) is 3.49. The van der Waals surface area contributed by atoms with Crippen LogP contribution in [0.3, 0.4) is 0 Å². The second kappa shape index (κ2) is 6.08. The van der Waals surface area contributed by atoms with Gasteiger partial charge < -0.3 is 10.6 Å². The van der Waals surface area contributed by atoms with Crippen LogP contribution in [-0.2, 0) is 4.79 Å². The molecular formula is C15H16N4O. The van der Waals surface area contributed by atoms with E-state index in [-0.39, 0.29) is 12.5 Å². The number of hydrogen-bond acceptors (Lipinski definition) is 4. The number of carbonyl (C=O) groups excluding carboxylic acids is 1. The first kappa shape index (κ1) is 13.9. The fourth-order valence-electron chi connectivity index (χ4n) is 2.44. The number of carbonyl (C=O) groups is 1. The van der Waals surface area contributed by atoms with Gasteiger partial charge in [0.2, 0.25) is 5.91 Å². The third kappa shape index (κ3) is 3.27. The van der Waals surface area contributed by atoms with E-state index < -0.39 is 5.54 Å². The average molecular weight is 268 g/mol. The molecule has 0 bridgehead atoms. The Morgan fingerprint density at radius 3 is 2.70 bits per heavy atom. The molecule has 5 heteroatoms. The summed E-state index contributed by atoms with van der Waals surface area (Å²) in [5, 5.41) is 23.8. The van der Waals surface area contributed by atoms with Gasteiger partial charge in [-0.2, -0.15) is 10.5 Å². The second-order valence-corrected chi connectivity index (χ2v) is 5.00. The van der Waals surface area contributed by atoms with Crippen molar-refractivity contribution in [2.75, 3.05) is 11.9 Å². The molecule has 1 fully saturated rings. The Morgan fingerprint density at radius 2 is 2.05 bits per heavy atom. The van der Waals surface area contributed by atoms with Crippen molar-refractivity contribution in [3.8, 4) is 12.1 Å². The lowest BCUT2D eigenvalue weighted by Crippen LogP contribution is -2.47. The number of rotatable bonds is 4. The smallest absolute Gasteiger partial charge is 0.240 e. The van der Waals surface area contributed by atoms with E-state index in [1.165, 1.54) is 0 Å². The SMILES string of the molecule is N#Cc1cccc(NCC(=O)NC2(C#N)CCCC2)c1. The Kier molecular flexibility index (Phi) is 4.22. The highest BCUT2D eigenvalue weighted by Crippen LogP contribution is 2.28. The topological polar surface area (TPSA) is 88.7 Å². The maximum absolute atomic E-state index is 11.9. The van der Waals surface area contributed by atoms with Gasteiger partial charge in [0.15, 0.2) is 0 Å². The summed E-state index contributed by atoms with van der Waals surface area (Å²) in [5.74, 6) is -0.198.